The van der Waals surface area contributed by atoms with Gasteiger partial charge in [0.1, 0.15) is 0 Å². The van der Waals surface area contributed by atoms with Crippen LogP contribution < -0.4 is 11.1 Å². The molecule has 134 valence electrons. The second-order valence-corrected chi connectivity index (χ2v) is 6.37. The average Bonchev–Trinajstić information content (AvgIpc) is 3.21. The number of rotatable bonds is 6. The molecule has 1 aromatic heterocycles. The molecule has 0 fully saturated rings. The lowest BCUT2D eigenvalue weighted by atomic mass is 9.99. The first-order valence-electron chi connectivity index (χ1n) is 8.91. The average molecular weight is 347 g/mol. The summed E-state index contributed by atoms with van der Waals surface area (Å²) in [4.78, 5) is 4.42. The minimum Gasteiger partial charge on any atom is -0.370 e. The van der Waals surface area contributed by atoms with Crippen molar-refractivity contribution >= 4 is 11.6 Å². The highest BCUT2D eigenvalue weighted by atomic mass is 15.3. The van der Waals surface area contributed by atoms with Crippen molar-refractivity contribution in [1.29, 1.82) is 0 Å². The highest BCUT2D eigenvalue weighted by Crippen LogP contribution is 2.20. The zero-order chi connectivity index (χ0) is 18.4. The summed E-state index contributed by atoms with van der Waals surface area (Å²) < 4.78 is 1.83. The highest BCUT2D eigenvalue weighted by Gasteiger charge is 2.03. The number of hydrogen-bond donors (Lipinski definition) is 2. The van der Waals surface area contributed by atoms with Crippen molar-refractivity contribution in [3.63, 3.8) is 0 Å². The van der Waals surface area contributed by atoms with Crippen molar-refractivity contribution in [3.05, 3.63) is 78.1 Å². The molecule has 0 spiro atoms. The normalized spacial score (nSPS) is 12.8. The van der Waals surface area contributed by atoms with E-state index in [1.807, 2.05) is 53.3 Å². The van der Waals surface area contributed by atoms with Crippen LogP contribution in [-0.2, 0) is 6.54 Å². The van der Waals surface area contributed by atoms with Gasteiger partial charge >= 0.3 is 0 Å². The maximum atomic E-state index is 6.01. The summed E-state index contributed by atoms with van der Waals surface area (Å²) in [7, 11) is 0. The van der Waals surface area contributed by atoms with Gasteiger partial charge in [-0.1, -0.05) is 38.1 Å². The van der Waals surface area contributed by atoms with E-state index in [4.69, 9.17) is 5.73 Å². The Morgan fingerprint density at radius 3 is 2.50 bits per heavy atom. The topological polar surface area (TPSA) is 68.2 Å². The van der Waals surface area contributed by atoms with Crippen molar-refractivity contribution < 1.29 is 0 Å². The predicted octanol–water partition coefficient (Wildman–Crippen LogP) is 4.31. The van der Waals surface area contributed by atoms with Gasteiger partial charge in [-0.2, -0.15) is 5.10 Å². The summed E-state index contributed by atoms with van der Waals surface area (Å²) in [5, 5.41) is 7.36. The summed E-state index contributed by atoms with van der Waals surface area (Å²) in [6, 6.07) is 18.4. The van der Waals surface area contributed by atoms with E-state index in [2.05, 4.69) is 41.4 Å². The molecule has 0 bridgehead atoms. The maximum Gasteiger partial charge on any atom is 0.193 e. The molecular weight excluding hydrogens is 322 g/mol. The maximum absolute atomic E-state index is 6.01. The SMILES string of the molecule is CCC(C)c1ccc(NC(N)=NCc2ccc(-n3cccn3)cc2)cc1. The zero-order valence-electron chi connectivity index (χ0n) is 15.3. The minimum absolute atomic E-state index is 0.414. The van der Waals surface area contributed by atoms with Gasteiger partial charge < -0.3 is 11.1 Å². The van der Waals surface area contributed by atoms with Crippen LogP contribution in [0.15, 0.2) is 72.0 Å². The summed E-state index contributed by atoms with van der Waals surface area (Å²) >= 11 is 0. The van der Waals surface area contributed by atoms with Crippen LogP contribution in [0.25, 0.3) is 5.69 Å². The molecule has 1 atom stereocenters. The van der Waals surface area contributed by atoms with E-state index in [-0.39, 0.29) is 0 Å². The molecule has 0 aliphatic rings. The number of nitrogens with one attached hydrogen (secondary N) is 1. The van der Waals surface area contributed by atoms with Crippen LogP contribution in [0, 0.1) is 0 Å². The molecule has 2 aromatic carbocycles. The molecule has 1 heterocycles. The number of nitrogens with two attached hydrogens (primary N) is 1. The van der Waals surface area contributed by atoms with E-state index >= 15 is 0 Å². The van der Waals surface area contributed by atoms with E-state index in [1.54, 1.807) is 6.20 Å². The molecule has 0 saturated heterocycles. The lowest BCUT2D eigenvalue weighted by Crippen LogP contribution is -2.22. The molecule has 0 amide bonds. The molecule has 0 saturated carbocycles. The Hall–Kier alpha value is -3.08. The third-order valence-electron chi connectivity index (χ3n) is 4.50. The van der Waals surface area contributed by atoms with Gasteiger partial charge in [-0.3, -0.25) is 0 Å². The second kappa shape index (κ2) is 8.34. The zero-order valence-corrected chi connectivity index (χ0v) is 15.3. The quantitative estimate of drug-likeness (QED) is 0.516. The van der Waals surface area contributed by atoms with E-state index in [9.17, 15) is 0 Å². The Balaban J connectivity index is 1.58. The number of hydrogen-bond acceptors (Lipinski definition) is 2. The van der Waals surface area contributed by atoms with Crippen LogP contribution in [-0.4, -0.2) is 15.7 Å². The third kappa shape index (κ3) is 4.51. The molecule has 26 heavy (non-hydrogen) atoms. The first-order valence-corrected chi connectivity index (χ1v) is 8.91. The Morgan fingerprint density at radius 1 is 1.15 bits per heavy atom. The third-order valence-corrected chi connectivity index (χ3v) is 4.50. The molecule has 1 unspecified atom stereocenters. The molecule has 5 heteroatoms. The van der Waals surface area contributed by atoms with Crippen LogP contribution in [0.4, 0.5) is 5.69 Å². The van der Waals surface area contributed by atoms with E-state index in [1.165, 1.54) is 5.56 Å². The van der Waals surface area contributed by atoms with Crippen LogP contribution in [0.3, 0.4) is 0 Å². The van der Waals surface area contributed by atoms with Crippen molar-refractivity contribution in [2.45, 2.75) is 32.7 Å². The number of nitrogens with zero attached hydrogens (tertiary/aromatic N) is 3. The van der Waals surface area contributed by atoms with Crippen molar-refractivity contribution in [3.8, 4) is 5.69 Å². The van der Waals surface area contributed by atoms with Gasteiger partial charge in [-0.25, -0.2) is 9.67 Å². The van der Waals surface area contributed by atoms with Gasteiger partial charge in [0.15, 0.2) is 5.96 Å². The van der Waals surface area contributed by atoms with Gasteiger partial charge in [0, 0.05) is 18.1 Å². The summed E-state index contributed by atoms with van der Waals surface area (Å²) in [6.07, 6.45) is 4.82. The molecule has 0 aliphatic heterocycles. The van der Waals surface area contributed by atoms with Gasteiger partial charge in [-0.05, 0) is 53.8 Å². The molecule has 5 nitrogen and oxygen atoms in total. The first kappa shape index (κ1) is 17.7. The number of guanidine groups is 1. The molecule has 0 aliphatic carbocycles. The molecule has 0 radical (unpaired) electrons. The molecule has 3 rings (SSSR count). The van der Waals surface area contributed by atoms with Gasteiger partial charge in [0.25, 0.3) is 0 Å². The van der Waals surface area contributed by atoms with Crippen LogP contribution in [0.1, 0.15) is 37.3 Å². The Bertz CT molecular complexity index is 833. The van der Waals surface area contributed by atoms with Crippen LogP contribution >= 0.6 is 0 Å². The van der Waals surface area contributed by atoms with Crippen molar-refractivity contribution in [2.75, 3.05) is 5.32 Å². The number of benzene rings is 2. The monoisotopic (exact) mass is 347 g/mol. The number of aliphatic imine (C=N–C) groups is 1. The smallest absolute Gasteiger partial charge is 0.193 e. The van der Waals surface area contributed by atoms with E-state index in [0.29, 0.717) is 18.4 Å². The number of aromatic nitrogens is 2. The lowest BCUT2D eigenvalue weighted by molar-refractivity contribution is 0.734. The number of anilines is 1. The Morgan fingerprint density at radius 2 is 1.88 bits per heavy atom. The minimum atomic E-state index is 0.414. The van der Waals surface area contributed by atoms with Crippen LogP contribution in [0.5, 0.6) is 0 Å². The summed E-state index contributed by atoms with van der Waals surface area (Å²) in [6.45, 7) is 4.96. The van der Waals surface area contributed by atoms with Crippen molar-refractivity contribution in [2.24, 2.45) is 10.7 Å². The fourth-order valence-electron chi connectivity index (χ4n) is 2.67. The molecular formula is C21H25N5. The lowest BCUT2D eigenvalue weighted by Gasteiger charge is -2.11. The van der Waals surface area contributed by atoms with Gasteiger partial charge in [0.05, 0.1) is 12.2 Å². The molecule has 3 N–H and O–H groups in total. The van der Waals surface area contributed by atoms with E-state index < -0.39 is 0 Å². The summed E-state index contributed by atoms with van der Waals surface area (Å²) in [5.74, 6) is 0.984. The fourth-order valence-corrected chi connectivity index (χ4v) is 2.67. The Labute approximate surface area is 154 Å². The van der Waals surface area contributed by atoms with Crippen molar-refractivity contribution in [1.82, 2.24) is 9.78 Å². The summed E-state index contributed by atoms with van der Waals surface area (Å²) in [5.41, 5.74) is 10.4. The highest BCUT2D eigenvalue weighted by molar-refractivity contribution is 5.92. The van der Waals surface area contributed by atoms with Gasteiger partial charge in [0.2, 0.25) is 0 Å². The first-order chi connectivity index (χ1) is 12.7. The second-order valence-electron chi connectivity index (χ2n) is 6.37. The Kier molecular flexibility index (Phi) is 5.69. The molecule has 3 aromatic rings. The van der Waals surface area contributed by atoms with Gasteiger partial charge in [-0.15, -0.1) is 0 Å². The predicted molar refractivity (Wildman–Crippen MR) is 108 cm³/mol. The standard InChI is InChI=1S/C21H25N5/c1-3-16(2)18-7-9-19(10-8-18)25-21(22)23-15-17-5-11-20(12-6-17)26-14-4-13-24-26/h4-14,16H,3,15H2,1-2H3,(H3,22,23,25). The fraction of sp³-hybridized carbons (Fsp3) is 0.238. The van der Waals surface area contributed by atoms with Crippen LogP contribution in [0.2, 0.25) is 0 Å². The van der Waals surface area contributed by atoms with E-state index in [0.717, 1.165) is 23.4 Å². The largest absolute Gasteiger partial charge is 0.370 e.